The first-order chi connectivity index (χ1) is 10.3. The minimum Gasteiger partial charge on any atom is -0.481 e. The van der Waals surface area contributed by atoms with Crippen LogP contribution in [-0.4, -0.2) is 36.2 Å². The van der Waals surface area contributed by atoms with E-state index < -0.39 is 17.4 Å². The van der Waals surface area contributed by atoms with Crippen LogP contribution in [0.4, 0.5) is 0 Å². The van der Waals surface area contributed by atoms with Crippen molar-refractivity contribution >= 4 is 17.9 Å². The molecule has 124 valence electrons. The number of nitrogens with zero attached hydrogens (tertiary/aromatic N) is 1. The third-order valence-corrected chi connectivity index (χ3v) is 3.01. The zero-order valence-corrected chi connectivity index (χ0v) is 13.1. The van der Waals surface area contributed by atoms with Crippen LogP contribution in [0.5, 0.6) is 0 Å². The summed E-state index contributed by atoms with van der Waals surface area (Å²) in [6.45, 7) is 3.56. The van der Waals surface area contributed by atoms with Gasteiger partial charge in [-0.25, -0.2) is 0 Å². The number of aliphatic carboxylic acids is 1. The Kier molecular flexibility index (Phi) is 9.59. The molecule has 7 nitrogen and oxygen atoms in total. The highest BCUT2D eigenvalue weighted by Gasteiger charge is 2.26. The summed E-state index contributed by atoms with van der Waals surface area (Å²) in [6.07, 6.45) is 1.23. The Balaban J connectivity index is 4.01. The smallest absolute Gasteiger partial charge is 0.305 e. The Bertz CT molecular complexity index is 428. The van der Waals surface area contributed by atoms with Crippen molar-refractivity contribution in [3.63, 3.8) is 0 Å². The average Bonchev–Trinajstić information content (AvgIpc) is 2.45. The van der Waals surface area contributed by atoms with Crippen molar-refractivity contribution in [2.75, 3.05) is 13.2 Å². The number of carboxylic acid groups (broad SMARTS) is 1. The van der Waals surface area contributed by atoms with Crippen LogP contribution in [0.1, 0.15) is 52.4 Å². The van der Waals surface area contributed by atoms with Gasteiger partial charge in [0.2, 0.25) is 0 Å². The maximum Gasteiger partial charge on any atom is 0.305 e. The van der Waals surface area contributed by atoms with Crippen LogP contribution < -0.4 is 0 Å². The summed E-state index contributed by atoms with van der Waals surface area (Å²) in [7, 11) is 0. The number of esters is 2. The Morgan fingerprint density at radius 2 is 1.68 bits per heavy atom. The molecule has 0 amide bonds. The van der Waals surface area contributed by atoms with E-state index in [1.54, 1.807) is 13.8 Å². The van der Waals surface area contributed by atoms with Crippen LogP contribution >= 0.6 is 0 Å². The molecule has 1 atom stereocenters. The van der Waals surface area contributed by atoms with E-state index in [1.165, 1.54) is 0 Å². The molecule has 0 aliphatic rings. The molecule has 0 aromatic carbocycles. The molecule has 0 aromatic rings. The summed E-state index contributed by atoms with van der Waals surface area (Å²) in [4.78, 5) is 33.1. The summed E-state index contributed by atoms with van der Waals surface area (Å²) in [5.41, 5.74) is -0.897. The summed E-state index contributed by atoms with van der Waals surface area (Å²) in [5, 5.41) is 17.7. The minimum absolute atomic E-state index is 0.0231. The molecular formula is C15H23NO6. The Morgan fingerprint density at radius 3 is 2.18 bits per heavy atom. The van der Waals surface area contributed by atoms with Gasteiger partial charge in [-0.15, -0.1) is 0 Å². The van der Waals surface area contributed by atoms with E-state index >= 15 is 0 Å². The van der Waals surface area contributed by atoms with Crippen LogP contribution in [0.15, 0.2) is 0 Å². The number of ether oxygens (including phenoxy) is 2. The summed E-state index contributed by atoms with van der Waals surface area (Å²) >= 11 is 0. The Labute approximate surface area is 130 Å². The lowest BCUT2D eigenvalue weighted by atomic mass is 9.87. The quantitative estimate of drug-likeness (QED) is 0.580. The van der Waals surface area contributed by atoms with Gasteiger partial charge in [-0.05, 0) is 33.1 Å². The maximum absolute atomic E-state index is 11.5. The third kappa shape index (κ3) is 9.75. The number of nitriles is 1. The van der Waals surface area contributed by atoms with Gasteiger partial charge < -0.3 is 14.6 Å². The predicted molar refractivity (Wildman–Crippen MR) is 76.6 cm³/mol. The van der Waals surface area contributed by atoms with Crippen molar-refractivity contribution in [3.05, 3.63) is 0 Å². The third-order valence-electron chi connectivity index (χ3n) is 3.01. The molecule has 7 heteroatoms. The molecule has 0 spiro atoms. The van der Waals surface area contributed by atoms with Crippen molar-refractivity contribution in [3.8, 4) is 6.07 Å². The first-order valence-corrected chi connectivity index (χ1v) is 7.27. The highest BCUT2D eigenvalue weighted by atomic mass is 16.5. The van der Waals surface area contributed by atoms with Gasteiger partial charge in [0, 0.05) is 19.3 Å². The van der Waals surface area contributed by atoms with E-state index in [2.05, 4.69) is 6.07 Å². The molecule has 0 saturated carbocycles. The number of carboxylic acids is 1. The molecule has 0 heterocycles. The monoisotopic (exact) mass is 313 g/mol. The molecule has 22 heavy (non-hydrogen) atoms. The first kappa shape index (κ1) is 19.9. The van der Waals surface area contributed by atoms with Gasteiger partial charge in [0.1, 0.15) is 6.61 Å². The lowest BCUT2D eigenvalue weighted by Gasteiger charge is -2.20. The largest absolute Gasteiger partial charge is 0.481 e. The van der Waals surface area contributed by atoms with E-state index in [4.69, 9.17) is 19.8 Å². The van der Waals surface area contributed by atoms with Crippen LogP contribution in [0, 0.1) is 16.7 Å². The number of carbonyl (C=O) groups excluding carboxylic acids is 2. The highest BCUT2D eigenvalue weighted by Crippen LogP contribution is 2.24. The number of hydrogen-bond acceptors (Lipinski definition) is 6. The SMILES string of the molecule is CCOC(=O)CCCC(=O)OCC(C)(C#N)CCCC(=O)O. The van der Waals surface area contributed by atoms with Gasteiger partial charge in [-0.3, -0.25) is 14.4 Å². The maximum atomic E-state index is 11.5. The first-order valence-electron chi connectivity index (χ1n) is 7.27. The van der Waals surface area contributed by atoms with E-state index in [9.17, 15) is 14.4 Å². The molecule has 0 bridgehead atoms. The fourth-order valence-electron chi connectivity index (χ4n) is 1.71. The van der Waals surface area contributed by atoms with E-state index in [1.807, 2.05) is 0 Å². The summed E-state index contributed by atoms with van der Waals surface area (Å²) in [5.74, 6) is -1.76. The second kappa shape index (κ2) is 10.6. The van der Waals surface area contributed by atoms with Gasteiger partial charge in [-0.2, -0.15) is 5.26 Å². The normalized spacial score (nSPS) is 12.8. The average molecular weight is 313 g/mol. The van der Waals surface area contributed by atoms with Gasteiger partial charge in [0.05, 0.1) is 18.1 Å². The van der Waals surface area contributed by atoms with Crippen molar-refractivity contribution in [1.29, 1.82) is 5.26 Å². The fourth-order valence-corrected chi connectivity index (χ4v) is 1.71. The van der Waals surface area contributed by atoms with Crippen molar-refractivity contribution in [2.45, 2.75) is 52.4 Å². The molecule has 0 aromatic heterocycles. The topological polar surface area (TPSA) is 114 Å². The molecule has 0 aliphatic heterocycles. The zero-order valence-electron chi connectivity index (χ0n) is 13.1. The van der Waals surface area contributed by atoms with Crippen LogP contribution in [-0.2, 0) is 23.9 Å². The lowest BCUT2D eigenvalue weighted by molar-refractivity contribution is -0.147. The van der Waals surface area contributed by atoms with Crippen molar-refractivity contribution < 1.29 is 29.0 Å². The van der Waals surface area contributed by atoms with Gasteiger partial charge in [0.15, 0.2) is 0 Å². The Hall–Kier alpha value is -2.10. The molecule has 0 radical (unpaired) electrons. The molecule has 0 rings (SSSR count). The number of hydrogen-bond donors (Lipinski definition) is 1. The van der Waals surface area contributed by atoms with E-state index in [0.29, 0.717) is 25.9 Å². The van der Waals surface area contributed by atoms with Crippen LogP contribution in [0.3, 0.4) is 0 Å². The molecule has 0 fully saturated rings. The van der Waals surface area contributed by atoms with Crippen LogP contribution in [0.25, 0.3) is 0 Å². The molecule has 0 aliphatic carbocycles. The van der Waals surface area contributed by atoms with Gasteiger partial charge in [0.25, 0.3) is 0 Å². The van der Waals surface area contributed by atoms with E-state index in [-0.39, 0.29) is 31.8 Å². The molecule has 1 N–H and O–H groups in total. The predicted octanol–water partition coefficient (Wildman–Crippen LogP) is 2.05. The fraction of sp³-hybridized carbons (Fsp3) is 0.733. The van der Waals surface area contributed by atoms with Crippen LogP contribution in [0.2, 0.25) is 0 Å². The number of rotatable bonds is 11. The van der Waals surface area contributed by atoms with Gasteiger partial charge >= 0.3 is 17.9 Å². The molecule has 1 unspecified atom stereocenters. The molecular weight excluding hydrogens is 290 g/mol. The van der Waals surface area contributed by atoms with Gasteiger partial charge in [-0.1, -0.05) is 0 Å². The minimum atomic E-state index is -0.920. The zero-order chi connectivity index (χ0) is 17.0. The second-order valence-electron chi connectivity index (χ2n) is 5.24. The molecule has 0 saturated heterocycles. The standard InChI is InChI=1S/C15H23NO6/c1-3-21-13(19)7-4-8-14(20)22-11-15(2,10-16)9-5-6-12(17)18/h3-9,11H2,1-2H3,(H,17,18). The van der Waals surface area contributed by atoms with Crippen molar-refractivity contribution in [2.24, 2.45) is 5.41 Å². The van der Waals surface area contributed by atoms with E-state index in [0.717, 1.165) is 0 Å². The highest BCUT2D eigenvalue weighted by molar-refractivity contribution is 5.72. The summed E-state index contributed by atoms with van der Waals surface area (Å²) < 4.78 is 9.77. The number of carbonyl (C=O) groups is 3. The summed E-state index contributed by atoms with van der Waals surface area (Å²) in [6, 6.07) is 2.05. The lowest BCUT2D eigenvalue weighted by Crippen LogP contribution is -2.24. The Morgan fingerprint density at radius 1 is 1.09 bits per heavy atom. The van der Waals surface area contributed by atoms with Crippen molar-refractivity contribution in [1.82, 2.24) is 0 Å². The second-order valence-corrected chi connectivity index (χ2v) is 5.24.